The number of likely N-dealkylation sites (tertiary alicyclic amines) is 1. The van der Waals surface area contributed by atoms with Crippen molar-refractivity contribution in [3.8, 4) is 0 Å². The van der Waals surface area contributed by atoms with Crippen LogP contribution >= 0.6 is 11.3 Å². The topological polar surface area (TPSA) is 155 Å². The SMILES string of the molecule is C[C@@H]1CC[C@@H](c2cc(C=N)c(N)s2)N(C(=O)C(=O)Nc2cncc(C(N)=O)c2)C1. The van der Waals surface area contributed by atoms with Crippen molar-refractivity contribution in [1.29, 1.82) is 5.41 Å². The number of hydrogen-bond donors (Lipinski definition) is 4. The van der Waals surface area contributed by atoms with Crippen LogP contribution in [0.3, 0.4) is 0 Å². The van der Waals surface area contributed by atoms with Gasteiger partial charge in [0.1, 0.15) is 0 Å². The summed E-state index contributed by atoms with van der Waals surface area (Å²) in [7, 11) is 0. The molecule has 0 radical (unpaired) electrons. The fraction of sp³-hybridized carbons (Fsp3) is 0.316. The molecule has 1 saturated heterocycles. The van der Waals surface area contributed by atoms with Gasteiger partial charge in [0.15, 0.2) is 0 Å². The molecule has 1 aliphatic heterocycles. The van der Waals surface area contributed by atoms with E-state index in [9.17, 15) is 14.4 Å². The molecule has 2 aromatic heterocycles. The predicted molar refractivity (Wildman–Crippen MR) is 111 cm³/mol. The molecular weight excluding hydrogens is 392 g/mol. The molecule has 0 aliphatic carbocycles. The van der Waals surface area contributed by atoms with Gasteiger partial charge in [-0.3, -0.25) is 19.4 Å². The smallest absolute Gasteiger partial charge is 0.313 e. The highest BCUT2D eigenvalue weighted by Crippen LogP contribution is 2.38. The average Bonchev–Trinajstić information content (AvgIpc) is 3.07. The molecule has 0 unspecified atom stereocenters. The molecule has 6 N–H and O–H groups in total. The molecular formula is C19H22N6O3S. The van der Waals surface area contributed by atoms with Gasteiger partial charge in [0, 0.05) is 29.4 Å². The largest absolute Gasteiger partial charge is 0.390 e. The molecule has 0 bridgehead atoms. The number of hydrogen-bond acceptors (Lipinski definition) is 7. The lowest BCUT2D eigenvalue weighted by atomic mass is 9.93. The van der Waals surface area contributed by atoms with E-state index in [0.717, 1.165) is 11.3 Å². The highest BCUT2D eigenvalue weighted by atomic mass is 32.1. The van der Waals surface area contributed by atoms with E-state index in [4.69, 9.17) is 16.9 Å². The van der Waals surface area contributed by atoms with E-state index in [1.54, 1.807) is 11.0 Å². The summed E-state index contributed by atoms with van der Waals surface area (Å²) in [6, 6.07) is 2.89. The van der Waals surface area contributed by atoms with Crippen molar-refractivity contribution in [2.45, 2.75) is 25.8 Å². The Hall–Kier alpha value is -3.27. The Morgan fingerprint density at radius 1 is 1.31 bits per heavy atom. The van der Waals surface area contributed by atoms with Crippen LogP contribution in [0, 0.1) is 11.3 Å². The first-order chi connectivity index (χ1) is 13.8. The zero-order valence-corrected chi connectivity index (χ0v) is 16.7. The van der Waals surface area contributed by atoms with E-state index < -0.39 is 17.7 Å². The number of nitrogens with one attached hydrogen (secondary N) is 2. The Morgan fingerprint density at radius 3 is 2.72 bits per heavy atom. The number of pyridine rings is 1. The number of primary amides is 1. The molecule has 0 aromatic carbocycles. The van der Waals surface area contributed by atoms with Crippen LogP contribution < -0.4 is 16.8 Å². The molecule has 3 heterocycles. The lowest BCUT2D eigenvalue weighted by Crippen LogP contribution is -2.46. The molecule has 2 aromatic rings. The van der Waals surface area contributed by atoms with Crippen LogP contribution in [0.5, 0.6) is 0 Å². The van der Waals surface area contributed by atoms with Crippen molar-refractivity contribution in [2.75, 3.05) is 17.6 Å². The number of piperidine rings is 1. The van der Waals surface area contributed by atoms with Gasteiger partial charge in [0.2, 0.25) is 5.91 Å². The van der Waals surface area contributed by atoms with Gasteiger partial charge < -0.3 is 27.1 Å². The maximum atomic E-state index is 12.9. The Kier molecular flexibility index (Phi) is 5.92. The summed E-state index contributed by atoms with van der Waals surface area (Å²) < 4.78 is 0. The molecule has 3 rings (SSSR count). The van der Waals surface area contributed by atoms with E-state index >= 15 is 0 Å². The zero-order valence-electron chi connectivity index (χ0n) is 15.8. The van der Waals surface area contributed by atoms with Crippen molar-refractivity contribution in [1.82, 2.24) is 9.88 Å². The van der Waals surface area contributed by atoms with Gasteiger partial charge in [-0.2, -0.15) is 0 Å². The zero-order chi connectivity index (χ0) is 21.1. The average molecular weight is 414 g/mol. The minimum Gasteiger partial charge on any atom is -0.390 e. The summed E-state index contributed by atoms with van der Waals surface area (Å²) in [5.41, 5.74) is 12.1. The van der Waals surface area contributed by atoms with E-state index in [-0.39, 0.29) is 23.2 Å². The number of aromatic nitrogens is 1. The van der Waals surface area contributed by atoms with E-state index in [1.807, 2.05) is 6.92 Å². The van der Waals surface area contributed by atoms with Gasteiger partial charge in [-0.05, 0) is 30.9 Å². The Balaban J connectivity index is 1.81. The minimum absolute atomic E-state index is 0.132. The standard InChI is InChI=1S/C19H22N6O3S/c1-10-2-3-14(15-5-11(6-20)17(22)29-15)25(9-10)19(28)18(27)24-13-4-12(16(21)26)7-23-8-13/h4-8,10,14,20H,2-3,9,22H2,1H3,(H2,21,26)(H,24,27)/t10-,14+/m1/s1. The third kappa shape index (κ3) is 4.43. The van der Waals surface area contributed by atoms with Gasteiger partial charge in [0.25, 0.3) is 0 Å². The number of carbonyl (C=O) groups excluding carboxylic acids is 3. The first kappa shape index (κ1) is 20.5. The van der Waals surface area contributed by atoms with E-state index in [0.29, 0.717) is 23.5 Å². The summed E-state index contributed by atoms with van der Waals surface area (Å²) >= 11 is 1.33. The normalized spacial score (nSPS) is 18.9. The molecule has 9 nitrogen and oxygen atoms in total. The molecule has 1 fully saturated rings. The first-order valence-electron chi connectivity index (χ1n) is 9.06. The van der Waals surface area contributed by atoms with Gasteiger partial charge in [0.05, 0.1) is 28.5 Å². The number of amides is 3. The van der Waals surface area contributed by atoms with Crippen LogP contribution in [0.15, 0.2) is 24.5 Å². The molecule has 2 atom stereocenters. The van der Waals surface area contributed by atoms with Crippen molar-refractivity contribution < 1.29 is 14.4 Å². The van der Waals surface area contributed by atoms with Gasteiger partial charge >= 0.3 is 11.8 Å². The van der Waals surface area contributed by atoms with Crippen molar-refractivity contribution in [2.24, 2.45) is 11.7 Å². The van der Waals surface area contributed by atoms with Crippen LogP contribution in [-0.4, -0.2) is 40.4 Å². The molecule has 0 spiro atoms. The predicted octanol–water partition coefficient (Wildman–Crippen LogP) is 1.76. The third-order valence-corrected chi connectivity index (χ3v) is 5.93. The third-order valence-electron chi connectivity index (χ3n) is 4.85. The van der Waals surface area contributed by atoms with E-state index in [2.05, 4.69) is 10.3 Å². The summed E-state index contributed by atoms with van der Waals surface area (Å²) in [6.07, 6.45) is 5.42. The molecule has 0 saturated carbocycles. The minimum atomic E-state index is -0.815. The number of nitrogens with zero attached hydrogens (tertiary/aromatic N) is 2. The molecule has 152 valence electrons. The number of thiophene rings is 1. The van der Waals surface area contributed by atoms with E-state index in [1.165, 1.54) is 36.0 Å². The fourth-order valence-corrected chi connectivity index (χ4v) is 4.40. The fourth-order valence-electron chi connectivity index (χ4n) is 3.35. The summed E-state index contributed by atoms with van der Waals surface area (Å²) in [5.74, 6) is -1.91. The summed E-state index contributed by atoms with van der Waals surface area (Å²) in [5, 5.41) is 10.4. The molecule has 29 heavy (non-hydrogen) atoms. The second kappa shape index (κ2) is 8.39. The van der Waals surface area contributed by atoms with Crippen molar-refractivity contribution in [3.05, 3.63) is 40.5 Å². The number of carbonyl (C=O) groups is 3. The number of anilines is 2. The lowest BCUT2D eigenvalue weighted by molar-refractivity contribution is -0.146. The highest BCUT2D eigenvalue weighted by molar-refractivity contribution is 7.16. The van der Waals surface area contributed by atoms with Crippen molar-refractivity contribution in [3.63, 3.8) is 0 Å². The molecule has 3 amide bonds. The number of nitrogen functional groups attached to an aromatic ring is 1. The monoisotopic (exact) mass is 414 g/mol. The Morgan fingerprint density at radius 2 is 2.07 bits per heavy atom. The molecule has 1 aliphatic rings. The first-order valence-corrected chi connectivity index (χ1v) is 9.88. The Labute approximate surface area is 171 Å². The van der Waals surface area contributed by atoms with Gasteiger partial charge in [-0.1, -0.05) is 6.92 Å². The number of rotatable bonds is 4. The van der Waals surface area contributed by atoms with Gasteiger partial charge in [-0.15, -0.1) is 11.3 Å². The van der Waals surface area contributed by atoms with Crippen LogP contribution in [0.2, 0.25) is 0 Å². The molecule has 10 heteroatoms. The van der Waals surface area contributed by atoms with Gasteiger partial charge in [-0.25, -0.2) is 0 Å². The second-order valence-corrected chi connectivity index (χ2v) is 8.16. The quantitative estimate of drug-likeness (QED) is 0.443. The summed E-state index contributed by atoms with van der Waals surface area (Å²) in [4.78, 5) is 43.1. The summed E-state index contributed by atoms with van der Waals surface area (Å²) in [6.45, 7) is 2.47. The van der Waals surface area contributed by atoms with Crippen LogP contribution in [0.1, 0.15) is 46.6 Å². The van der Waals surface area contributed by atoms with Crippen LogP contribution in [0.25, 0.3) is 0 Å². The lowest BCUT2D eigenvalue weighted by Gasteiger charge is -2.37. The maximum absolute atomic E-state index is 12.9. The second-order valence-electron chi connectivity index (χ2n) is 7.05. The van der Waals surface area contributed by atoms with Crippen molar-refractivity contribution >= 4 is 46.0 Å². The highest BCUT2D eigenvalue weighted by Gasteiger charge is 2.35. The Bertz CT molecular complexity index is 973. The number of nitrogens with two attached hydrogens (primary N) is 2. The maximum Gasteiger partial charge on any atom is 0.313 e. The van der Waals surface area contributed by atoms with Crippen LogP contribution in [0.4, 0.5) is 10.7 Å². The van der Waals surface area contributed by atoms with Crippen LogP contribution in [-0.2, 0) is 9.59 Å².